The van der Waals surface area contributed by atoms with Crippen LogP contribution >= 0.6 is 12.6 Å². The largest absolute Gasteiger partial charge is 0.261 e. The van der Waals surface area contributed by atoms with Crippen LogP contribution in [0.5, 0.6) is 0 Å². The summed E-state index contributed by atoms with van der Waals surface area (Å²) in [6.45, 7) is 2.12. The highest BCUT2D eigenvalue weighted by Gasteiger charge is 1.94. The molecule has 0 aliphatic carbocycles. The normalized spacial score (nSPS) is 13.9. The summed E-state index contributed by atoms with van der Waals surface area (Å²) in [5, 5.41) is 0. The lowest BCUT2D eigenvalue weighted by Crippen LogP contribution is -2.36. The Kier molecular flexibility index (Phi) is 5.59. The van der Waals surface area contributed by atoms with Crippen LogP contribution < -0.4 is 10.9 Å². The van der Waals surface area contributed by atoms with Crippen molar-refractivity contribution in [3.63, 3.8) is 0 Å². The first-order valence-corrected chi connectivity index (χ1v) is 3.47. The average molecular weight is 134 g/mol. The van der Waals surface area contributed by atoms with Gasteiger partial charge in [0.05, 0.1) is 0 Å². The molecule has 2 nitrogen and oxygen atoms in total. The van der Waals surface area contributed by atoms with Crippen LogP contribution in [0.4, 0.5) is 0 Å². The van der Waals surface area contributed by atoms with Crippen molar-refractivity contribution in [1.82, 2.24) is 10.9 Å². The summed E-state index contributed by atoms with van der Waals surface area (Å²) in [6, 6.07) is 0.525. The lowest BCUT2D eigenvalue weighted by molar-refractivity contribution is 0.480. The summed E-state index contributed by atoms with van der Waals surface area (Å²) in [4.78, 5) is 0. The van der Waals surface area contributed by atoms with Gasteiger partial charge >= 0.3 is 0 Å². The fourth-order valence-electron chi connectivity index (χ4n) is 0.512. The van der Waals surface area contributed by atoms with Crippen LogP contribution in [0, 0.1) is 0 Å². The van der Waals surface area contributed by atoms with Gasteiger partial charge in [-0.15, -0.1) is 0 Å². The van der Waals surface area contributed by atoms with Gasteiger partial charge in [-0.05, 0) is 26.1 Å². The molecule has 0 fully saturated rings. The Bertz CT molecular complexity index is 43.7. The standard InChI is InChI=1S/C5H14N2S/c1-5(3-4-8)7-6-2/h5-8H,3-4H2,1-2H3. The predicted octanol–water partition coefficient (Wildman–Crippen LogP) is 0.419. The van der Waals surface area contributed by atoms with Gasteiger partial charge in [0.15, 0.2) is 0 Å². The molecule has 0 aromatic rings. The second kappa shape index (κ2) is 5.41. The fraction of sp³-hybridized carbons (Fsp3) is 1.00. The third kappa shape index (κ3) is 4.43. The number of thiol groups is 1. The van der Waals surface area contributed by atoms with Crippen molar-refractivity contribution in [2.75, 3.05) is 12.8 Å². The molecule has 0 aliphatic rings. The van der Waals surface area contributed by atoms with Gasteiger partial charge < -0.3 is 0 Å². The molecule has 50 valence electrons. The molecule has 3 heteroatoms. The molecular formula is C5H14N2S. The van der Waals surface area contributed by atoms with Crippen LogP contribution in [0.3, 0.4) is 0 Å². The number of hydrogen-bond acceptors (Lipinski definition) is 3. The molecule has 1 unspecified atom stereocenters. The first kappa shape index (κ1) is 8.27. The first-order chi connectivity index (χ1) is 3.81. The molecule has 0 radical (unpaired) electrons. The summed E-state index contributed by atoms with van der Waals surface area (Å²) in [6.07, 6.45) is 1.10. The number of hydrazine groups is 1. The fourth-order valence-corrected chi connectivity index (χ4v) is 0.900. The van der Waals surface area contributed by atoms with Crippen molar-refractivity contribution in [1.29, 1.82) is 0 Å². The van der Waals surface area contributed by atoms with Crippen molar-refractivity contribution in [2.45, 2.75) is 19.4 Å². The van der Waals surface area contributed by atoms with Crippen LogP contribution in [0.15, 0.2) is 0 Å². The number of rotatable bonds is 4. The molecule has 0 rings (SSSR count). The van der Waals surface area contributed by atoms with E-state index in [1.807, 2.05) is 7.05 Å². The Morgan fingerprint density at radius 1 is 1.62 bits per heavy atom. The van der Waals surface area contributed by atoms with Gasteiger partial charge in [-0.2, -0.15) is 12.6 Å². The maximum Gasteiger partial charge on any atom is 0.0192 e. The Labute approximate surface area is 56.4 Å². The second-order valence-corrected chi connectivity index (χ2v) is 2.25. The van der Waals surface area contributed by atoms with Crippen molar-refractivity contribution < 1.29 is 0 Å². The van der Waals surface area contributed by atoms with Crippen LogP contribution in [0.1, 0.15) is 13.3 Å². The van der Waals surface area contributed by atoms with Gasteiger partial charge in [0.2, 0.25) is 0 Å². The lowest BCUT2D eigenvalue weighted by atomic mass is 10.3. The van der Waals surface area contributed by atoms with E-state index in [9.17, 15) is 0 Å². The highest BCUT2D eigenvalue weighted by Crippen LogP contribution is 1.89. The van der Waals surface area contributed by atoms with E-state index in [1.54, 1.807) is 0 Å². The van der Waals surface area contributed by atoms with Crippen molar-refractivity contribution >= 4 is 12.6 Å². The second-order valence-electron chi connectivity index (χ2n) is 1.81. The van der Waals surface area contributed by atoms with Gasteiger partial charge in [0.25, 0.3) is 0 Å². The minimum absolute atomic E-state index is 0.525. The zero-order valence-corrected chi connectivity index (χ0v) is 6.33. The molecule has 8 heavy (non-hydrogen) atoms. The topological polar surface area (TPSA) is 24.1 Å². The highest BCUT2D eigenvalue weighted by molar-refractivity contribution is 7.80. The Hall–Kier alpha value is 0.270. The molecule has 0 spiro atoms. The van der Waals surface area contributed by atoms with Crippen LogP contribution in [0.2, 0.25) is 0 Å². The van der Waals surface area contributed by atoms with E-state index in [-0.39, 0.29) is 0 Å². The number of nitrogens with one attached hydrogen (secondary N) is 2. The average Bonchev–Trinajstić information content (AvgIpc) is 1.68. The maximum atomic E-state index is 4.08. The molecule has 0 heterocycles. The third-order valence-corrected chi connectivity index (χ3v) is 1.21. The van der Waals surface area contributed by atoms with Gasteiger partial charge in [-0.3, -0.25) is 10.9 Å². The van der Waals surface area contributed by atoms with E-state index in [1.165, 1.54) is 0 Å². The Morgan fingerprint density at radius 2 is 2.25 bits per heavy atom. The molecule has 0 aromatic carbocycles. The van der Waals surface area contributed by atoms with E-state index in [0.717, 1.165) is 12.2 Å². The zero-order chi connectivity index (χ0) is 6.41. The quantitative estimate of drug-likeness (QED) is 0.383. The van der Waals surface area contributed by atoms with Gasteiger partial charge in [0.1, 0.15) is 0 Å². The summed E-state index contributed by atoms with van der Waals surface area (Å²) in [5.41, 5.74) is 5.92. The highest BCUT2D eigenvalue weighted by atomic mass is 32.1. The maximum absolute atomic E-state index is 4.08. The molecule has 2 N–H and O–H groups in total. The number of hydrogen-bond donors (Lipinski definition) is 3. The molecule has 0 saturated carbocycles. The van der Waals surface area contributed by atoms with Gasteiger partial charge in [-0.25, -0.2) is 0 Å². The molecule has 0 amide bonds. The van der Waals surface area contributed by atoms with Gasteiger partial charge in [0, 0.05) is 6.04 Å². The summed E-state index contributed by atoms with van der Waals surface area (Å²) < 4.78 is 0. The van der Waals surface area contributed by atoms with Crippen LogP contribution in [0.25, 0.3) is 0 Å². The summed E-state index contributed by atoms with van der Waals surface area (Å²) in [7, 11) is 1.87. The SMILES string of the molecule is CNNC(C)CCS. The smallest absolute Gasteiger partial charge is 0.0192 e. The van der Waals surface area contributed by atoms with Crippen LogP contribution in [-0.4, -0.2) is 18.8 Å². The van der Waals surface area contributed by atoms with Crippen molar-refractivity contribution in [2.24, 2.45) is 0 Å². The predicted molar refractivity (Wildman–Crippen MR) is 40.1 cm³/mol. The minimum Gasteiger partial charge on any atom is -0.261 e. The van der Waals surface area contributed by atoms with E-state index in [4.69, 9.17) is 0 Å². The monoisotopic (exact) mass is 134 g/mol. The Morgan fingerprint density at radius 3 is 2.62 bits per heavy atom. The van der Waals surface area contributed by atoms with E-state index in [0.29, 0.717) is 6.04 Å². The Balaban J connectivity index is 2.92. The molecular weight excluding hydrogens is 120 g/mol. The third-order valence-electron chi connectivity index (χ3n) is 0.953. The minimum atomic E-state index is 0.525. The molecule has 0 saturated heterocycles. The van der Waals surface area contributed by atoms with E-state index < -0.39 is 0 Å². The molecule has 0 bridgehead atoms. The zero-order valence-electron chi connectivity index (χ0n) is 5.44. The van der Waals surface area contributed by atoms with Crippen LogP contribution in [-0.2, 0) is 0 Å². The molecule has 1 atom stereocenters. The lowest BCUT2D eigenvalue weighted by Gasteiger charge is -2.09. The van der Waals surface area contributed by atoms with Crippen molar-refractivity contribution in [3.8, 4) is 0 Å². The van der Waals surface area contributed by atoms with E-state index >= 15 is 0 Å². The molecule has 0 aromatic heterocycles. The first-order valence-electron chi connectivity index (χ1n) is 2.84. The van der Waals surface area contributed by atoms with E-state index in [2.05, 4.69) is 30.4 Å². The molecule has 0 aliphatic heterocycles. The van der Waals surface area contributed by atoms with Crippen molar-refractivity contribution in [3.05, 3.63) is 0 Å². The summed E-state index contributed by atoms with van der Waals surface area (Å²) in [5.74, 6) is 0.940. The van der Waals surface area contributed by atoms with Gasteiger partial charge in [-0.1, -0.05) is 0 Å². The summed E-state index contributed by atoms with van der Waals surface area (Å²) >= 11 is 4.08.